The Kier molecular flexibility index (Phi) is 6.41. The zero-order valence-electron chi connectivity index (χ0n) is 15.9. The normalized spacial score (nSPS) is 23.6. The maximum atomic E-state index is 12.5. The van der Waals surface area contributed by atoms with Crippen LogP contribution in [0, 0.1) is 5.41 Å². The van der Waals surface area contributed by atoms with Crippen molar-refractivity contribution >= 4 is 20.0 Å². The monoisotopic (exact) mass is 357 g/mol. The van der Waals surface area contributed by atoms with E-state index in [1.165, 1.54) is 6.20 Å². The van der Waals surface area contributed by atoms with Gasteiger partial charge in [0, 0.05) is 19.7 Å². The maximum Gasteiger partial charge on any atom is 0.333 e. The highest BCUT2D eigenvalue weighted by Crippen LogP contribution is 2.34. The molecule has 0 aromatic carbocycles. The summed E-state index contributed by atoms with van der Waals surface area (Å²) in [5.74, 6) is -2.18. The zero-order chi connectivity index (χ0) is 18.8. The highest BCUT2D eigenvalue weighted by atomic mass is 28.3. The van der Waals surface area contributed by atoms with E-state index in [0.717, 1.165) is 6.04 Å². The first kappa shape index (κ1) is 20.9. The van der Waals surface area contributed by atoms with Crippen LogP contribution in [-0.2, 0) is 19.1 Å². The van der Waals surface area contributed by atoms with Crippen LogP contribution < -0.4 is 5.32 Å². The van der Waals surface area contributed by atoms with Gasteiger partial charge in [0.15, 0.2) is 5.79 Å². The van der Waals surface area contributed by atoms with E-state index >= 15 is 0 Å². The molecule has 0 radical (unpaired) electrons. The van der Waals surface area contributed by atoms with Gasteiger partial charge in [0.1, 0.15) is 6.10 Å². The zero-order valence-corrected chi connectivity index (χ0v) is 16.9. The van der Waals surface area contributed by atoms with Crippen molar-refractivity contribution in [2.45, 2.75) is 71.7 Å². The van der Waals surface area contributed by atoms with Gasteiger partial charge in [-0.2, -0.15) is 0 Å². The predicted molar refractivity (Wildman–Crippen MR) is 95.3 cm³/mol. The number of nitrogens with one attached hydrogen (secondary N) is 1. The molecule has 6 nitrogen and oxygen atoms in total. The fourth-order valence-corrected chi connectivity index (χ4v) is 3.33. The number of hydrogen-bond donors (Lipinski definition) is 2. The molecule has 1 aliphatic rings. The average molecular weight is 358 g/mol. The Morgan fingerprint density at radius 2 is 1.83 bits per heavy atom. The smallest absolute Gasteiger partial charge is 0.333 e. The first-order chi connectivity index (χ1) is 10.7. The molecule has 1 atom stereocenters. The van der Waals surface area contributed by atoms with Gasteiger partial charge in [-0.1, -0.05) is 39.5 Å². The summed E-state index contributed by atoms with van der Waals surface area (Å²) in [6.07, 6.45) is 1.06. The molecule has 0 aromatic rings. The van der Waals surface area contributed by atoms with E-state index in [-0.39, 0.29) is 11.5 Å². The number of aliphatic carboxylic acids is 1. The Bertz CT molecular complexity index is 520. The van der Waals surface area contributed by atoms with E-state index < -0.39 is 31.3 Å². The van der Waals surface area contributed by atoms with Crippen LogP contribution in [-0.4, -0.2) is 43.6 Å². The lowest BCUT2D eigenvalue weighted by atomic mass is 9.85. The Balaban J connectivity index is 2.81. The quantitative estimate of drug-likeness (QED) is 0.564. The summed E-state index contributed by atoms with van der Waals surface area (Å²) in [5.41, 5.74) is -0.273. The standard InChI is InChI=1S/C17H31NO5Si/c1-16(2)11-22-17(3,4)23-13(16)14(19)18-10-12(15(20)21)8-9-24(5,6)7/h10,13H,8-9,11H2,1-7H3,(H,18,19)(H,20,21)/b12-10+. The number of carboxylic acid groups (broad SMARTS) is 1. The molecular weight excluding hydrogens is 326 g/mol. The first-order valence-corrected chi connectivity index (χ1v) is 12.0. The molecule has 0 saturated carbocycles. The minimum atomic E-state index is -1.35. The molecule has 1 aliphatic heterocycles. The number of ether oxygens (including phenoxy) is 2. The fourth-order valence-electron chi connectivity index (χ4n) is 2.31. The van der Waals surface area contributed by atoms with Gasteiger partial charge >= 0.3 is 5.97 Å². The molecule has 1 saturated heterocycles. The second kappa shape index (κ2) is 7.37. The lowest BCUT2D eigenvalue weighted by Gasteiger charge is -2.44. The summed E-state index contributed by atoms with van der Waals surface area (Å²) >= 11 is 0. The SMILES string of the molecule is CC1(C)OCC(C)(C)C(C(=O)N/C=C(\CC[Si](C)(C)C)C(=O)O)O1. The van der Waals surface area contributed by atoms with E-state index in [0.29, 0.717) is 13.0 Å². The molecule has 138 valence electrons. The average Bonchev–Trinajstić information content (AvgIpc) is 2.40. The number of carboxylic acids is 1. The van der Waals surface area contributed by atoms with Crippen LogP contribution in [0.1, 0.15) is 34.1 Å². The van der Waals surface area contributed by atoms with Crippen LogP contribution in [0.4, 0.5) is 0 Å². The van der Waals surface area contributed by atoms with E-state index in [2.05, 4.69) is 25.0 Å². The van der Waals surface area contributed by atoms with E-state index in [9.17, 15) is 14.7 Å². The lowest BCUT2D eigenvalue weighted by Crippen LogP contribution is -2.56. The molecule has 0 aromatic heterocycles. The van der Waals surface area contributed by atoms with Crippen molar-refractivity contribution < 1.29 is 24.2 Å². The summed E-state index contributed by atoms with van der Waals surface area (Å²) < 4.78 is 11.3. The third-order valence-electron chi connectivity index (χ3n) is 3.95. The van der Waals surface area contributed by atoms with Gasteiger partial charge < -0.3 is 19.9 Å². The molecule has 0 bridgehead atoms. The Labute approximate surface area is 145 Å². The second-order valence-corrected chi connectivity index (χ2v) is 14.3. The van der Waals surface area contributed by atoms with E-state index in [1.54, 1.807) is 13.8 Å². The molecule has 0 aliphatic carbocycles. The van der Waals surface area contributed by atoms with E-state index in [4.69, 9.17) is 9.47 Å². The van der Waals surface area contributed by atoms with Crippen molar-refractivity contribution in [3.63, 3.8) is 0 Å². The molecular formula is C17H31NO5Si. The Morgan fingerprint density at radius 1 is 1.25 bits per heavy atom. The van der Waals surface area contributed by atoms with Crippen molar-refractivity contribution in [3.8, 4) is 0 Å². The number of hydrogen-bond acceptors (Lipinski definition) is 4. The van der Waals surface area contributed by atoms with Gasteiger partial charge in [0.25, 0.3) is 5.91 Å². The van der Waals surface area contributed by atoms with Crippen molar-refractivity contribution in [3.05, 3.63) is 11.8 Å². The molecule has 1 rings (SSSR count). The molecule has 2 N–H and O–H groups in total. The minimum Gasteiger partial charge on any atom is -0.478 e. The summed E-state index contributed by atoms with van der Waals surface area (Å²) in [6, 6.07) is 0.854. The van der Waals surface area contributed by atoms with Crippen molar-refractivity contribution in [1.29, 1.82) is 0 Å². The van der Waals surface area contributed by atoms with Crippen LogP contribution in [0.15, 0.2) is 11.8 Å². The maximum absolute atomic E-state index is 12.5. The lowest BCUT2D eigenvalue weighted by molar-refractivity contribution is -0.303. The van der Waals surface area contributed by atoms with E-state index in [1.807, 2.05) is 13.8 Å². The van der Waals surface area contributed by atoms with Gasteiger partial charge in [0.2, 0.25) is 0 Å². The molecule has 24 heavy (non-hydrogen) atoms. The first-order valence-electron chi connectivity index (χ1n) is 8.28. The summed E-state index contributed by atoms with van der Waals surface area (Å²) in [4.78, 5) is 23.9. The van der Waals surface area contributed by atoms with Crippen LogP contribution in [0.2, 0.25) is 25.7 Å². The molecule has 7 heteroatoms. The van der Waals surface area contributed by atoms with Crippen molar-refractivity contribution in [1.82, 2.24) is 5.32 Å². The summed E-state index contributed by atoms with van der Waals surface area (Å²) in [7, 11) is -1.35. The Hall–Kier alpha value is -1.18. The van der Waals surface area contributed by atoms with Gasteiger partial charge in [-0.3, -0.25) is 4.79 Å². The second-order valence-electron chi connectivity index (χ2n) is 8.72. The highest BCUT2D eigenvalue weighted by molar-refractivity contribution is 6.76. The van der Waals surface area contributed by atoms with Gasteiger partial charge in [0.05, 0.1) is 12.2 Å². The summed E-state index contributed by atoms with van der Waals surface area (Å²) in [5, 5.41) is 11.9. The predicted octanol–water partition coefficient (Wildman–Crippen LogP) is 2.98. The molecule has 0 spiro atoms. The number of carbonyl (C=O) groups is 2. The Morgan fingerprint density at radius 3 is 2.33 bits per heavy atom. The highest BCUT2D eigenvalue weighted by Gasteiger charge is 2.45. The molecule has 1 unspecified atom stereocenters. The fraction of sp³-hybridized carbons (Fsp3) is 0.765. The topological polar surface area (TPSA) is 84.9 Å². The molecule has 1 amide bonds. The van der Waals surface area contributed by atoms with Gasteiger partial charge in [-0.25, -0.2) is 4.79 Å². The van der Waals surface area contributed by atoms with Crippen LogP contribution >= 0.6 is 0 Å². The third kappa shape index (κ3) is 6.37. The minimum absolute atomic E-state index is 0.218. The number of amides is 1. The number of rotatable bonds is 6. The van der Waals surface area contributed by atoms with Crippen LogP contribution in [0.5, 0.6) is 0 Å². The largest absolute Gasteiger partial charge is 0.478 e. The molecule has 1 heterocycles. The van der Waals surface area contributed by atoms with Gasteiger partial charge in [-0.15, -0.1) is 0 Å². The number of carbonyl (C=O) groups excluding carboxylic acids is 1. The van der Waals surface area contributed by atoms with Crippen LogP contribution in [0.3, 0.4) is 0 Å². The van der Waals surface area contributed by atoms with Crippen molar-refractivity contribution in [2.24, 2.45) is 5.41 Å². The van der Waals surface area contributed by atoms with Gasteiger partial charge in [-0.05, 0) is 20.3 Å². The third-order valence-corrected chi connectivity index (χ3v) is 5.70. The molecule has 1 fully saturated rings. The summed E-state index contributed by atoms with van der Waals surface area (Å²) in [6.45, 7) is 14.2. The van der Waals surface area contributed by atoms with Crippen molar-refractivity contribution in [2.75, 3.05) is 6.61 Å². The van der Waals surface area contributed by atoms with Crippen LogP contribution in [0.25, 0.3) is 0 Å².